The van der Waals surface area contributed by atoms with Crippen molar-refractivity contribution in [1.29, 1.82) is 0 Å². The van der Waals surface area contributed by atoms with E-state index in [9.17, 15) is 4.57 Å². The van der Waals surface area contributed by atoms with Gasteiger partial charge in [0.05, 0.1) is 18.8 Å². The average Bonchev–Trinajstić information content (AvgIpc) is 2.28. The van der Waals surface area contributed by atoms with Crippen LogP contribution in [0.4, 0.5) is 0 Å². The second kappa shape index (κ2) is 11.4. The fourth-order valence-corrected chi connectivity index (χ4v) is 5.42. The Morgan fingerprint density at radius 2 is 1.50 bits per heavy atom. The molecule has 0 aliphatic heterocycles. The molecule has 0 aromatic carbocycles. The third-order valence-corrected chi connectivity index (χ3v) is 7.40. The number of phosphoric ester groups is 1. The summed E-state index contributed by atoms with van der Waals surface area (Å²) < 4.78 is 28.8. The molecule has 0 aliphatic carbocycles. The summed E-state index contributed by atoms with van der Waals surface area (Å²) in [5, 5.41) is 0. The van der Waals surface area contributed by atoms with Gasteiger partial charge < -0.3 is 0 Å². The molecule has 0 bridgehead atoms. The van der Waals surface area contributed by atoms with Crippen molar-refractivity contribution in [2.75, 3.05) is 12.4 Å². The molecule has 0 radical (unpaired) electrons. The van der Waals surface area contributed by atoms with E-state index in [0.717, 1.165) is 25.0 Å². The van der Waals surface area contributed by atoms with E-state index in [2.05, 4.69) is 20.8 Å². The SMILES string of the molecule is CC(C)OP(=O)(OCCCCCSSC(C)(C)C)OC(C)C. The Hall–Kier alpha value is 0.810. The Balaban J connectivity index is 3.83. The molecule has 0 aromatic heterocycles. The highest BCUT2D eigenvalue weighted by Crippen LogP contribution is 2.51. The van der Waals surface area contributed by atoms with E-state index in [-0.39, 0.29) is 12.2 Å². The van der Waals surface area contributed by atoms with E-state index in [4.69, 9.17) is 13.6 Å². The van der Waals surface area contributed by atoms with Gasteiger partial charge in [0.25, 0.3) is 0 Å². The summed E-state index contributed by atoms with van der Waals surface area (Å²) in [4.78, 5) is 0. The van der Waals surface area contributed by atoms with Crippen molar-refractivity contribution in [3.8, 4) is 0 Å². The topological polar surface area (TPSA) is 44.8 Å². The first-order valence-corrected chi connectivity index (χ1v) is 11.7. The van der Waals surface area contributed by atoms with Crippen molar-refractivity contribution in [3.63, 3.8) is 0 Å². The van der Waals surface area contributed by atoms with Crippen LogP contribution in [-0.4, -0.2) is 29.3 Å². The first-order chi connectivity index (χ1) is 10.0. The number of hydrogen-bond acceptors (Lipinski definition) is 6. The summed E-state index contributed by atoms with van der Waals surface area (Å²) in [6.45, 7) is 14.4. The van der Waals surface area contributed by atoms with Crippen molar-refractivity contribution < 1.29 is 18.1 Å². The van der Waals surface area contributed by atoms with Crippen LogP contribution in [0.25, 0.3) is 0 Å². The van der Waals surface area contributed by atoms with Gasteiger partial charge in [-0.05, 0) is 40.5 Å². The highest BCUT2D eigenvalue weighted by molar-refractivity contribution is 8.77. The van der Waals surface area contributed by atoms with Crippen molar-refractivity contribution in [2.45, 2.75) is 84.7 Å². The molecule has 0 atom stereocenters. The minimum absolute atomic E-state index is 0.185. The number of unbranched alkanes of at least 4 members (excludes halogenated alkanes) is 2. The summed E-state index contributed by atoms with van der Waals surface area (Å²) in [5.74, 6) is 1.13. The summed E-state index contributed by atoms with van der Waals surface area (Å²) >= 11 is 0. The number of rotatable bonds is 12. The molecule has 0 fully saturated rings. The standard InChI is InChI=1S/C15H33O4PS2/c1-13(2)18-20(16,19-14(3)4)17-11-9-8-10-12-21-22-15(5,6)7/h13-14H,8-12H2,1-7H3. The highest BCUT2D eigenvalue weighted by Gasteiger charge is 2.29. The molecule has 0 rings (SSSR count). The maximum atomic E-state index is 12.4. The van der Waals surface area contributed by atoms with Crippen molar-refractivity contribution in [3.05, 3.63) is 0 Å². The van der Waals surface area contributed by atoms with Crippen LogP contribution in [-0.2, 0) is 18.1 Å². The Bertz CT molecular complexity index is 316. The lowest BCUT2D eigenvalue weighted by Crippen LogP contribution is -2.10. The molecule has 0 heterocycles. The Morgan fingerprint density at radius 3 is 1.95 bits per heavy atom. The summed E-state index contributed by atoms with van der Waals surface area (Å²) in [6, 6.07) is 0. The van der Waals surface area contributed by atoms with Crippen LogP contribution < -0.4 is 0 Å². The molecule has 0 saturated heterocycles. The third kappa shape index (κ3) is 14.4. The fourth-order valence-electron chi connectivity index (χ4n) is 1.44. The van der Waals surface area contributed by atoms with E-state index in [1.54, 1.807) is 0 Å². The lowest BCUT2D eigenvalue weighted by atomic mass is 10.3. The van der Waals surface area contributed by atoms with Crippen LogP contribution in [0.15, 0.2) is 0 Å². The van der Waals surface area contributed by atoms with Crippen LogP contribution in [0.3, 0.4) is 0 Å². The maximum Gasteiger partial charge on any atom is 0.475 e. The quantitative estimate of drug-likeness (QED) is 0.227. The first kappa shape index (κ1) is 22.8. The van der Waals surface area contributed by atoms with E-state index in [1.807, 2.05) is 49.3 Å². The van der Waals surface area contributed by atoms with E-state index in [1.165, 1.54) is 0 Å². The van der Waals surface area contributed by atoms with Crippen molar-refractivity contribution in [1.82, 2.24) is 0 Å². The van der Waals surface area contributed by atoms with E-state index >= 15 is 0 Å². The predicted octanol–water partition coefficient (Wildman–Crippen LogP) is 6.31. The number of phosphoric acid groups is 1. The van der Waals surface area contributed by atoms with Gasteiger partial charge in [-0.2, -0.15) is 0 Å². The Morgan fingerprint density at radius 1 is 0.955 bits per heavy atom. The van der Waals surface area contributed by atoms with Gasteiger partial charge in [-0.1, -0.05) is 48.8 Å². The predicted molar refractivity (Wildman–Crippen MR) is 99.7 cm³/mol. The van der Waals surface area contributed by atoms with Crippen LogP contribution >= 0.6 is 29.4 Å². The summed E-state index contributed by atoms with van der Waals surface area (Å²) in [7, 11) is 0.404. The van der Waals surface area contributed by atoms with Crippen LogP contribution in [0, 0.1) is 0 Å². The van der Waals surface area contributed by atoms with Crippen molar-refractivity contribution >= 4 is 29.4 Å². The van der Waals surface area contributed by atoms with Gasteiger partial charge in [0.15, 0.2) is 0 Å². The van der Waals surface area contributed by atoms with Crippen LogP contribution in [0.1, 0.15) is 67.7 Å². The molecule has 4 nitrogen and oxygen atoms in total. The largest absolute Gasteiger partial charge is 0.475 e. The van der Waals surface area contributed by atoms with Gasteiger partial charge in [-0.3, -0.25) is 13.6 Å². The highest BCUT2D eigenvalue weighted by atomic mass is 33.1. The molecule has 0 N–H and O–H groups in total. The molecule has 0 saturated carbocycles. The molecule has 134 valence electrons. The fraction of sp³-hybridized carbons (Fsp3) is 1.00. The zero-order chi connectivity index (χ0) is 17.2. The minimum Gasteiger partial charge on any atom is -0.287 e. The molecular formula is C15H33O4PS2. The lowest BCUT2D eigenvalue weighted by Gasteiger charge is -2.21. The Kier molecular flexibility index (Phi) is 11.8. The molecule has 0 aromatic rings. The smallest absolute Gasteiger partial charge is 0.287 e. The zero-order valence-corrected chi connectivity index (χ0v) is 17.6. The van der Waals surface area contributed by atoms with Crippen LogP contribution in [0.5, 0.6) is 0 Å². The normalized spacial score (nSPS) is 13.3. The molecule has 0 aliphatic rings. The lowest BCUT2D eigenvalue weighted by molar-refractivity contribution is 0.0713. The second-order valence-electron chi connectivity index (χ2n) is 6.67. The third-order valence-electron chi connectivity index (χ3n) is 2.11. The molecule has 0 spiro atoms. The maximum absolute atomic E-state index is 12.4. The molecule has 0 unspecified atom stereocenters. The van der Waals surface area contributed by atoms with Gasteiger partial charge in [0, 0.05) is 10.5 Å². The number of hydrogen-bond donors (Lipinski definition) is 0. The second-order valence-corrected chi connectivity index (χ2v) is 11.5. The van der Waals surface area contributed by atoms with Crippen molar-refractivity contribution in [2.24, 2.45) is 0 Å². The average molecular weight is 373 g/mol. The van der Waals surface area contributed by atoms with Gasteiger partial charge >= 0.3 is 7.82 Å². The molecule has 22 heavy (non-hydrogen) atoms. The molecule has 0 amide bonds. The first-order valence-electron chi connectivity index (χ1n) is 7.96. The minimum atomic E-state index is -3.42. The van der Waals surface area contributed by atoms with Crippen LogP contribution in [0.2, 0.25) is 0 Å². The zero-order valence-electron chi connectivity index (χ0n) is 15.1. The molecular weight excluding hydrogens is 339 g/mol. The van der Waals surface area contributed by atoms with E-state index in [0.29, 0.717) is 11.4 Å². The van der Waals surface area contributed by atoms with Gasteiger partial charge in [-0.25, -0.2) is 4.57 Å². The van der Waals surface area contributed by atoms with Gasteiger partial charge in [-0.15, -0.1) is 0 Å². The van der Waals surface area contributed by atoms with Gasteiger partial charge in [0.2, 0.25) is 0 Å². The molecule has 7 heteroatoms. The van der Waals surface area contributed by atoms with Gasteiger partial charge in [0.1, 0.15) is 0 Å². The van der Waals surface area contributed by atoms with E-state index < -0.39 is 7.82 Å². The summed E-state index contributed by atoms with van der Waals surface area (Å²) in [5.41, 5.74) is 0. The summed E-state index contributed by atoms with van der Waals surface area (Å²) in [6.07, 6.45) is 2.69. The monoisotopic (exact) mass is 372 g/mol. The Labute approximate surface area is 144 Å².